The smallest absolute Gasteiger partial charge is 0.228 e. The Hall–Kier alpha value is -1.93. The fourth-order valence-electron chi connectivity index (χ4n) is 2.17. The molecule has 18 heavy (non-hydrogen) atoms. The third-order valence-corrected chi connectivity index (χ3v) is 3.39. The van der Waals surface area contributed by atoms with Gasteiger partial charge in [0.25, 0.3) is 0 Å². The van der Waals surface area contributed by atoms with Crippen LogP contribution < -0.4 is 11.1 Å². The molecule has 0 saturated heterocycles. The van der Waals surface area contributed by atoms with Crippen molar-refractivity contribution < 1.29 is 4.79 Å². The molecule has 1 saturated carbocycles. The predicted molar refractivity (Wildman–Crippen MR) is 67.4 cm³/mol. The number of nitrogens with zero attached hydrogens (tertiary/aromatic N) is 2. The Bertz CT molecular complexity index is 458. The predicted octanol–water partition coefficient (Wildman–Crippen LogP) is 1.43. The molecule has 3 N–H and O–H groups in total. The normalized spacial score (nSPS) is 27.2. The van der Waals surface area contributed by atoms with Crippen LogP contribution in [0.2, 0.25) is 0 Å². The number of nitriles is 1. The van der Waals surface area contributed by atoms with E-state index in [1.807, 2.05) is 6.07 Å². The van der Waals surface area contributed by atoms with Gasteiger partial charge in [-0.05, 0) is 37.8 Å². The summed E-state index contributed by atoms with van der Waals surface area (Å²) in [6.45, 7) is 0. The number of amides is 1. The monoisotopic (exact) mass is 244 g/mol. The zero-order valence-corrected chi connectivity index (χ0v) is 10.1. The summed E-state index contributed by atoms with van der Waals surface area (Å²) in [7, 11) is 0. The largest absolute Gasteiger partial charge is 0.313 e. The van der Waals surface area contributed by atoms with Crippen LogP contribution in [0.3, 0.4) is 0 Å². The molecule has 0 unspecified atom stereocenters. The van der Waals surface area contributed by atoms with Crippen molar-refractivity contribution in [3.8, 4) is 6.07 Å². The van der Waals surface area contributed by atoms with Gasteiger partial charge in [-0.2, -0.15) is 5.26 Å². The molecular weight excluding hydrogens is 228 g/mol. The van der Waals surface area contributed by atoms with Crippen LogP contribution in [0.5, 0.6) is 0 Å². The second kappa shape index (κ2) is 5.15. The molecule has 5 heteroatoms. The number of carbonyl (C=O) groups is 1. The van der Waals surface area contributed by atoms with Crippen molar-refractivity contribution in [3.05, 3.63) is 24.4 Å². The van der Waals surface area contributed by atoms with E-state index in [9.17, 15) is 4.79 Å². The van der Waals surface area contributed by atoms with Gasteiger partial charge in [0.1, 0.15) is 11.4 Å². The molecule has 1 fully saturated rings. The molecule has 0 bridgehead atoms. The first kappa shape index (κ1) is 12.5. The maximum Gasteiger partial charge on any atom is 0.228 e. The van der Waals surface area contributed by atoms with Crippen molar-refractivity contribution in [2.75, 3.05) is 5.32 Å². The average Bonchev–Trinajstić information content (AvgIpc) is 2.40. The fraction of sp³-hybridized carbons (Fsp3) is 0.462. The van der Waals surface area contributed by atoms with Crippen LogP contribution in [0.1, 0.15) is 25.7 Å². The number of carbonyl (C=O) groups excluding carboxylic acids is 1. The number of pyridine rings is 1. The molecule has 94 valence electrons. The van der Waals surface area contributed by atoms with Crippen molar-refractivity contribution in [1.82, 2.24) is 4.98 Å². The van der Waals surface area contributed by atoms with Gasteiger partial charge in [-0.3, -0.25) is 4.79 Å². The summed E-state index contributed by atoms with van der Waals surface area (Å²) in [6, 6.07) is 7.50. The lowest BCUT2D eigenvalue weighted by Gasteiger charge is -2.30. The maximum atomic E-state index is 12.0. The summed E-state index contributed by atoms with van der Waals surface area (Å²) >= 11 is 0. The molecule has 0 spiro atoms. The Morgan fingerprint density at radius 3 is 2.78 bits per heavy atom. The quantitative estimate of drug-likeness (QED) is 0.823. The van der Waals surface area contributed by atoms with Crippen LogP contribution in [0.25, 0.3) is 0 Å². The molecule has 1 aliphatic carbocycles. The summed E-state index contributed by atoms with van der Waals surface area (Å²) < 4.78 is 0. The lowest BCUT2D eigenvalue weighted by molar-refractivity contribution is -0.121. The summed E-state index contributed by atoms with van der Waals surface area (Å²) in [4.78, 5) is 16.0. The van der Waals surface area contributed by atoms with Gasteiger partial charge in [0.15, 0.2) is 0 Å². The highest BCUT2D eigenvalue weighted by Gasteiger charge is 2.34. The fourth-order valence-corrected chi connectivity index (χ4v) is 2.17. The van der Waals surface area contributed by atoms with Gasteiger partial charge < -0.3 is 11.1 Å². The molecule has 5 nitrogen and oxygen atoms in total. The first-order chi connectivity index (χ1) is 8.63. The van der Waals surface area contributed by atoms with Gasteiger partial charge >= 0.3 is 0 Å². The first-order valence-corrected chi connectivity index (χ1v) is 6.05. The van der Waals surface area contributed by atoms with E-state index in [-0.39, 0.29) is 11.8 Å². The second-order valence-electron chi connectivity index (χ2n) is 4.75. The van der Waals surface area contributed by atoms with E-state index < -0.39 is 5.54 Å². The summed E-state index contributed by atoms with van der Waals surface area (Å²) in [5.41, 5.74) is 5.12. The summed E-state index contributed by atoms with van der Waals surface area (Å²) in [6.07, 6.45) is 4.09. The number of nitrogens with two attached hydrogens (primary N) is 1. The minimum Gasteiger partial charge on any atom is -0.313 e. The van der Waals surface area contributed by atoms with Gasteiger partial charge in [-0.25, -0.2) is 4.98 Å². The van der Waals surface area contributed by atoms with E-state index in [1.165, 1.54) is 0 Å². The van der Waals surface area contributed by atoms with Crippen molar-refractivity contribution in [1.29, 1.82) is 5.26 Å². The van der Waals surface area contributed by atoms with Gasteiger partial charge in [-0.15, -0.1) is 0 Å². The topological polar surface area (TPSA) is 91.8 Å². The number of nitrogens with one attached hydrogen (secondary N) is 1. The highest BCUT2D eigenvalue weighted by Crippen LogP contribution is 2.30. The van der Waals surface area contributed by atoms with Crippen LogP contribution in [0, 0.1) is 17.2 Å². The Morgan fingerprint density at radius 2 is 2.22 bits per heavy atom. The van der Waals surface area contributed by atoms with E-state index in [2.05, 4.69) is 16.4 Å². The molecular formula is C13H16N4O. The summed E-state index contributed by atoms with van der Waals surface area (Å²) in [5.74, 6) is 0.457. The minimum absolute atomic E-state index is 0.0336. The van der Waals surface area contributed by atoms with Crippen molar-refractivity contribution in [2.45, 2.75) is 31.2 Å². The molecule has 1 amide bonds. The van der Waals surface area contributed by atoms with E-state index in [0.717, 1.165) is 0 Å². The molecule has 0 aromatic carbocycles. The Kier molecular flexibility index (Phi) is 3.58. The van der Waals surface area contributed by atoms with Crippen LogP contribution in [0.15, 0.2) is 24.4 Å². The third kappa shape index (κ3) is 2.84. The van der Waals surface area contributed by atoms with Gasteiger partial charge in [0.2, 0.25) is 5.91 Å². The molecule has 2 rings (SSSR count). The van der Waals surface area contributed by atoms with Crippen molar-refractivity contribution in [3.63, 3.8) is 0 Å². The number of rotatable bonds is 2. The molecule has 1 aromatic rings. The highest BCUT2D eigenvalue weighted by molar-refractivity contribution is 5.91. The number of anilines is 1. The SMILES string of the molecule is N#CC1(N)CCC(C(=O)Nc2ccccn2)CC1. The molecule has 1 aliphatic rings. The van der Waals surface area contributed by atoms with Crippen molar-refractivity contribution in [2.24, 2.45) is 11.7 Å². The Morgan fingerprint density at radius 1 is 1.50 bits per heavy atom. The number of hydrogen-bond donors (Lipinski definition) is 2. The molecule has 0 atom stereocenters. The zero-order chi connectivity index (χ0) is 13.0. The third-order valence-electron chi connectivity index (χ3n) is 3.39. The average molecular weight is 244 g/mol. The van der Waals surface area contributed by atoms with Gasteiger partial charge in [0.05, 0.1) is 6.07 Å². The molecule has 0 radical (unpaired) electrons. The second-order valence-corrected chi connectivity index (χ2v) is 4.75. The van der Waals surface area contributed by atoms with Gasteiger partial charge in [-0.1, -0.05) is 6.07 Å². The van der Waals surface area contributed by atoms with E-state index in [0.29, 0.717) is 31.5 Å². The van der Waals surface area contributed by atoms with Crippen LogP contribution >= 0.6 is 0 Å². The lowest BCUT2D eigenvalue weighted by Crippen LogP contribution is -2.43. The van der Waals surface area contributed by atoms with Gasteiger partial charge in [0, 0.05) is 12.1 Å². The zero-order valence-electron chi connectivity index (χ0n) is 10.1. The summed E-state index contributed by atoms with van der Waals surface area (Å²) in [5, 5.41) is 11.7. The standard InChI is InChI=1S/C13H16N4O/c14-9-13(15)6-4-10(5-7-13)12(18)17-11-3-1-2-8-16-11/h1-3,8,10H,4-7,15H2,(H,16,17,18). The minimum atomic E-state index is -0.748. The molecule has 1 heterocycles. The maximum absolute atomic E-state index is 12.0. The van der Waals surface area contributed by atoms with E-state index in [4.69, 9.17) is 11.0 Å². The molecule has 0 aliphatic heterocycles. The lowest BCUT2D eigenvalue weighted by atomic mass is 9.77. The molecule has 1 aromatic heterocycles. The van der Waals surface area contributed by atoms with Crippen LogP contribution in [-0.2, 0) is 4.79 Å². The Balaban J connectivity index is 1.91. The highest BCUT2D eigenvalue weighted by atomic mass is 16.1. The Labute approximate surface area is 106 Å². The first-order valence-electron chi connectivity index (χ1n) is 6.05. The number of hydrogen-bond acceptors (Lipinski definition) is 4. The van der Waals surface area contributed by atoms with Crippen molar-refractivity contribution >= 4 is 11.7 Å². The number of aromatic nitrogens is 1. The van der Waals surface area contributed by atoms with Crippen LogP contribution in [0.4, 0.5) is 5.82 Å². The van der Waals surface area contributed by atoms with Crippen LogP contribution in [-0.4, -0.2) is 16.4 Å². The van der Waals surface area contributed by atoms with E-state index >= 15 is 0 Å². The van der Waals surface area contributed by atoms with E-state index in [1.54, 1.807) is 18.3 Å².